The SMILES string of the molecule is O=C1S/C(=C\c2ccc(Br)cc2)C(=O)N1Cc1ccc(Cl)cc1Cl. The van der Waals surface area contributed by atoms with Gasteiger partial charge in [0, 0.05) is 14.5 Å². The topological polar surface area (TPSA) is 37.4 Å². The molecule has 0 saturated carbocycles. The van der Waals surface area contributed by atoms with Gasteiger partial charge in [-0.1, -0.05) is 57.3 Å². The number of hydrogen-bond donors (Lipinski definition) is 0. The summed E-state index contributed by atoms with van der Waals surface area (Å²) in [6.07, 6.45) is 1.71. The molecule has 1 heterocycles. The smallest absolute Gasteiger partial charge is 0.268 e. The third kappa shape index (κ3) is 3.86. The molecule has 1 aliphatic heterocycles. The standard InChI is InChI=1S/C17H10BrCl2NO2S/c18-12-4-1-10(2-5-12)7-15-16(22)21(17(23)24-15)9-11-3-6-13(19)8-14(11)20/h1-8H,9H2/b15-7-. The Morgan fingerprint density at radius 2 is 1.79 bits per heavy atom. The molecule has 0 aromatic heterocycles. The molecule has 1 aliphatic rings. The van der Waals surface area contributed by atoms with Gasteiger partial charge in [0.15, 0.2) is 0 Å². The fourth-order valence-corrected chi connectivity index (χ4v) is 3.74. The molecule has 1 saturated heterocycles. The first-order valence-corrected chi connectivity index (χ1v) is 9.25. The largest absolute Gasteiger partial charge is 0.293 e. The number of nitrogens with zero attached hydrogens (tertiary/aromatic N) is 1. The zero-order valence-corrected chi connectivity index (χ0v) is 16.0. The van der Waals surface area contributed by atoms with Crippen LogP contribution in [0.4, 0.5) is 4.79 Å². The maximum absolute atomic E-state index is 12.5. The number of benzene rings is 2. The third-order valence-corrected chi connectivity index (χ3v) is 5.41. The van der Waals surface area contributed by atoms with Crippen LogP contribution in [-0.4, -0.2) is 16.0 Å². The van der Waals surface area contributed by atoms with E-state index in [2.05, 4.69) is 15.9 Å². The number of carbonyl (C=O) groups excluding carboxylic acids is 2. The molecule has 7 heteroatoms. The predicted molar refractivity (Wildman–Crippen MR) is 102 cm³/mol. The minimum Gasteiger partial charge on any atom is -0.268 e. The van der Waals surface area contributed by atoms with Crippen LogP contribution < -0.4 is 0 Å². The summed E-state index contributed by atoms with van der Waals surface area (Å²) in [5.74, 6) is -0.320. The fraction of sp³-hybridized carbons (Fsp3) is 0.0588. The summed E-state index contributed by atoms with van der Waals surface area (Å²) < 4.78 is 0.949. The van der Waals surface area contributed by atoms with Crippen LogP contribution in [0.15, 0.2) is 51.8 Å². The monoisotopic (exact) mass is 441 g/mol. The van der Waals surface area contributed by atoms with Crippen molar-refractivity contribution < 1.29 is 9.59 Å². The molecule has 0 spiro atoms. The molecule has 0 radical (unpaired) electrons. The Bertz CT molecular complexity index is 852. The normalized spacial score (nSPS) is 16.3. The van der Waals surface area contributed by atoms with Crippen molar-refractivity contribution in [3.05, 3.63) is 73.0 Å². The van der Waals surface area contributed by atoms with E-state index < -0.39 is 0 Å². The molecule has 0 N–H and O–H groups in total. The second kappa shape index (κ2) is 7.31. The number of rotatable bonds is 3. The van der Waals surface area contributed by atoms with Crippen LogP contribution in [0.1, 0.15) is 11.1 Å². The molecule has 0 aliphatic carbocycles. The van der Waals surface area contributed by atoms with Gasteiger partial charge < -0.3 is 0 Å². The second-order valence-electron chi connectivity index (χ2n) is 5.06. The van der Waals surface area contributed by atoms with Gasteiger partial charge in [-0.25, -0.2) is 0 Å². The molecule has 2 amide bonds. The molecule has 24 heavy (non-hydrogen) atoms. The zero-order chi connectivity index (χ0) is 17.3. The number of halogens is 3. The summed E-state index contributed by atoms with van der Waals surface area (Å²) in [7, 11) is 0. The minimum atomic E-state index is -0.320. The average molecular weight is 443 g/mol. The van der Waals surface area contributed by atoms with Crippen LogP contribution in [-0.2, 0) is 11.3 Å². The van der Waals surface area contributed by atoms with Crippen molar-refractivity contribution in [2.24, 2.45) is 0 Å². The number of thioether (sulfide) groups is 1. The molecular weight excluding hydrogens is 433 g/mol. The van der Waals surface area contributed by atoms with E-state index in [1.165, 1.54) is 4.90 Å². The second-order valence-corrected chi connectivity index (χ2v) is 7.81. The Morgan fingerprint density at radius 1 is 1.08 bits per heavy atom. The zero-order valence-electron chi connectivity index (χ0n) is 12.1. The van der Waals surface area contributed by atoms with Crippen molar-refractivity contribution in [3.8, 4) is 0 Å². The Labute approximate surface area is 161 Å². The first-order valence-electron chi connectivity index (χ1n) is 6.89. The van der Waals surface area contributed by atoms with Crippen molar-refractivity contribution in [1.29, 1.82) is 0 Å². The van der Waals surface area contributed by atoms with Crippen LogP contribution in [0.25, 0.3) is 6.08 Å². The molecule has 2 aromatic carbocycles. The Morgan fingerprint density at radius 3 is 2.46 bits per heavy atom. The number of carbonyl (C=O) groups is 2. The summed E-state index contributed by atoms with van der Waals surface area (Å²) in [5.41, 5.74) is 1.53. The maximum atomic E-state index is 12.5. The van der Waals surface area contributed by atoms with E-state index in [0.717, 1.165) is 21.8 Å². The first kappa shape index (κ1) is 17.5. The number of imide groups is 1. The van der Waals surface area contributed by atoms with Gasteiger partial charge in [-0.3, -0.25) is 14.5 Å². The molecule has 122 valence electrons. The van der Waals surface area contributed by atoms with E-state index in [0.29, 0.717) is 20.5 Å². The lowest BCUT2D eigenvalue weighted by Crippen LogP contribution is -2.27. The van der Waals surface area contributed by atoms with Crippen LogP contribution >= 0.6 is 50.9 Å². The van der Waals surface area contributed by atoms with Gasteiger partial charge in [0.1, 0.15) is 0 Å². The van der Waals surface area contributed by atoms with Crippen LogP contribution in [0.5, 0.6) is 0 Å². The molecule has 0 bridgehead atoms. The van der Waals surface area contributed by atoms with E-state index in [1.54, 1.807) is 24.3 Å². The van der Waals surface area contributed by atoms with Crippen molar-refractivity contribution >= 4 is 68.1 Å². The average Bonchev–Trinajstić information content (AvgIpc) is 2.79. The van der Waals surface area contributed by atoms with E-state index >= 15 is 0 Å². The molecule has 1 fully saturated rings. The Kier molecular flexibility index (Phi) is 5.35. The van der Waals surface area contributed by atoms with Gasteiger partial charge in [0.2, 0.25) is 0 Å². The van der Waals surface area contributed by atoms with E-state index in [-0.39, 0.29) is 17.7 Å². The van der Waals surface area contributed by atoms with Crippen LogP contribution in [0.2, 0.25) is 10.0 Å². The maximum Gasteiger partial charge on any atom is 0.293 e. The minimum absolute atomic E-state index is 0.123. The summed E-state index contributed by atoms with van der Waals surface area (Å²) in [4.78, 5) is 26.3. The van der Waals surface area contributed by atoms with Gasteiger partial charge in [0.05, 0.1) is 11.4 Å². The number of hydrogen-bond acceptors (Lipinski definition) is 3. The van der Waals surface area contributed by atoms with Gasteiger partial charge >= 0.3 is 0 Å². The lowest BCUT2D eigenvalue weighted by Gasteiger charge is -2.13. The Hall–Kier alpha value is -1.27. The Balaban J connectivity index is 1.82. The molecule has 3 rings (SSSR count). The van der Waals surface area contributed by atoms with Crippen molar-refractivity contribution in [2.75, 3.05) is 0 Å². The number of amides is 2. The highest BCUT2D eigenvalue weighted by Crippen LogP contribution is 2.34. The van der Waals surface area contributed by atoms with Gasteiger partial charge in [-0.15, -0.1) is 0 Å². The van der Waals surface area contributed by atoms with Gasteiger partial charge in [-0.05, 0) is 53.2 Å². The molecule has 3 nitrogen and oxygen atoms in total. The highest BCUT2D eigenvalue weighted by molar-refractivity contribution is 9.10. The van der Waals surface area contributed by atoms with E-state index in [9.17, 15) is 9.59 Å². The van der Waals surface area contributed by atoms with Crippen molar-refractivity contribution in [2.45, 2.75) is 6.54 Å². The van der Waals surface area contributed by atoms with Crippen molar-refractivity contribution in [1.82, 2.24) is 4.90 Å². The third-order valence-electron chi connectivity index (χ3n) is 3.38. The molecular formula is C17H10BrCl2NO2S. The quantitative estimate of drug-likeness (QED) is 0.547. The highest BCUT2D eigenvalue weighted by atomic mass is 79.9. The van der Waals surface area contributed by atoms with Gasteiger partial charge in [-0.2, -0.15) is 0 Å². The lowest BCUT2D eigenvalue weighted by molar-refractivity contribution is -0.123. The summed E-state index contributed by atoms with van der Waals surface area (Å²) in [5, 5.41) is 0.626. The molecule has 0 atom stereocenters. The molecule has 0 unspecified atom stereocenters. The van der Waals surface area contributed by atoms with E-state index in [1.807, 2.05) is 24.3 Å². The lowest BCUT2D eigenvalue weighted by atomic mass is 10.2. The molecule has 2 aromatic rings. The fourth-order valence-electron chi connectivity index (χ4n) is 2.17. The summed E-state index contributed by atoms with van der Waals surface area (Å²) >= 11 is 16.3. The highest BCUT2D eigenvalue weighted by Gasteiger charge is 2.35. The predicted octanol–water partition coefficient (Wildman–Crippen LogP) is 5.99. The van der Waals surface area contributed by atoms with E-state index in [4.69, 9.17) is 23.2 Å². The van der Waals surface area contributed by atoms with Gasteiger partial charge in [0.25, 0.3) is 11.1 Å². The van der Waals surface area contributed by atoms with Crippen LogP contribution in [0.3, 0.4) is 0 Å². The summed E-state index contributed by atoms with van der Waals surface area (Å²) in [6.45, 7) is 0.123. The summed E-state index contributed by atoms with van der Waals surface area (Å²) in [6, 6.07) is 12.5. The first-order chi connectivity index (χ1) is 11.4. The van der Waals surface area contributed by atoms with Crippen molar-refractivity contribution in [3.63, 3.8) is 0 Å². The van der Waals surface area contributed by atoms with Crippen LogP contribution in [0, 0.1) is 0 Å².